The molecule has 2 aromatic carbocycles. The van der Waals surface area contributed by atoms with Crippen LogP contribution >= 0.6 is 0 Å². The number of fused-ring (bicyclic) bond motifs is 2. The molecule has 2 aliphatic rings. The fourth-order valence-electron chi connectivity index (χ4n) is 4.82. The van der Waals surface area contributed by atoms with Crippen molar-refractivity contribution in [3.63, 3.8) is 0 Å². The van der Waals surface area contributed by atoms with Crippen LogP contribution in [0.1, 0.15) is 47.2 Å². The molecule has 2 aromatic rings. The summed E-state index contributed by atoms with van der Waals surface area (Å²) in [4.78, 5) is 0. The van der Waals surface area contributed by atoms with Crippen molar-refractivity contribution >= 4 is 39.1 Å². The average Bonchev–Trinajstić information content (AvgIpc) is 3.23. The predicted molar refractivity (Wildman–Crippen MR) is 109 cm³/mol. The first kappa shape index (κ1) is 17.6. The molecule has 0 aliphatic heterocycles. The molecule has 2 heteroatoms. The second kappa shape index (κ2) is 6.92. The summed E-state index contributed by atoms with van der Waals surface area (Å²) >= 11 is 0. The van der Waals surface area contributed by atoms with E-state index in [1.807, 2.05) is 0 Å². The van der Waals surface area contributed by atoms with Gasteiger partial charge in [0, 0.05) is 18.9 Å². The molecule has 0 spiro atoms. The summed E-state index contributed by atoms with van der Waals surface area (Å²) in [5.41, 5.74) is 7.31. The Kier molecular flexibility index (Phi) is 5.06. The van der Waals surface area contributed by atoms with Gasteiger partial charge in [0.05, 0.1) is 8.07 Å². The summed E-state index contributed by atoms with van der Waals surface area (Å²) in [5.74, 6) is 0. The fourth-order valence-corrected chi connectivity index (χ4v) is 10.2. The Morgan fingerprint density at radius 3 is 1.54 bits per heavy atom. The van der Waals surface area contributed by atoms with E-state index in [-0.39, 0.29) is 18.9 Å². The van der Waals surface area contributed by atoms with Crippen LogP contribution in [0.25, 0.3) is 12.2 Å². The number of hydrogen-bond donors (Lipinski definition) is 0. The molecule has 0 saturated heterocycles. The quantitative estimate of drug-likeness (QED) is 0.624. The van der Waals surface area contributed by atoms with E-state index in [0.717, 1.165) is 0 Å². The first-order valence-electron chi connectivity index (χ1n) is 8.84. The summed E-state index contributed by atoms with van der Waals surface area (Å²) in [6.07, 6.45) is 9.74. The molecule has 0 bridgehead atoms. The maximum absolute atomic E-state index is 2.51. The molecular weight excluding hydrogens is 299 g/mol. The third kappa shape index (κ3) is 2.51. The van der Waals surface area contributed by atoms with E-state index in [9.17, 15) is 0 Å². The standard InChI is InChI=1S/C22H24Si.Li/c1-3-23(4-2,21-15-13-17-9-5-7-11-19(17)21)22-16-14-18-10-6-8-12-20(18)22;/h5-16,21-22H,3-4H2,1-2H3;. The minimum atomic E-state index is -1.55. The van der Waals surface area contributed by atoms with Crippen molar-refractivity contribution in [2.45, 2.75) is 37.0 Å². The summed E-state index contributed by atoms with van der Waals surface area (Å²) in [6, 6.07) is 20.7. The zero-order chi connectivity index (χ0) is 15.9. The minimum absolute atomic E-state index is 0. The Morgan fingerprint density at radius 1 is 0.708 bits per heavy atom. The van der Waals surface area contributed by atoms with Gasteiger partial charge in [0.1, 0.15) is 0 Å². The first-order valence-corrected chi connectivity index (χ1v) is 11.4. The minimum Gasteiger partial charge on any atom is -0.0791 e. The Morgan fingerprint density at radius 2 is 1.12 bits per heavy atom. The molecule has 0 aromatic heterocycles. The molecular formula is C22H24LiSi. The molecule has 0 fully saturated rings. The molecule has 2 atom stereocenters. The van der Waals surface area contributed by atoms with Crippen molar-refractivity contribution in [2.24, 2.45) is 0 Å². The van der Waals surface area contributed by atoms with E-state index in [2.05, 4.69) is 86.7 Å². The molecule has 0 heterocycles. The van der Waals surface area contributed by atoms with Crippen molar-refractivity contribution in [3.8, 4) is 0 Å². The Balaban J connectivity index is 0.00000169. The third-order valence-corrected chi connectivity index (χ3v) is 12.3. The van der Waals surface area contributed by atoms with Crippen LogP contribution in [-0.4, -0.2) is 26.9 Å². The van der Waals surface area contributed by atoms with Crippen molar-refractivity contribution < 1.29 is 0 Å². The van der Waals surface area contributed by atoms with Crippen molar-refractivity contribution in [3.05, 3.63) is 82.9 Å². The molecule has 1 radical (unpaired) electrons. The molecule has 0 N–H and O–H groups in total. The van der Waals surface area contributed by atoms with Gasteiger partial charge < -0.3 is 0 Å². The van der Waals surface area contributed by atoms with Crippen LogP contribution in [0.2, 0.25) is 12.1 Å². The van der Waals surface area contributed by atoms with Gasteiger partial charge in [-0.2, -0.15) is 0 Å². The van der Waals surface area contributed by atoms with Gasteiger partial charge >= 0.3 is 0 Å². The van der Waals surface area contributed by atoms with Crippen molar-refractivity contribution in [1.29, 1.82) is 0 Å². The molecule has 4 rings (SSSR count). The smallest absolute Gasteiger partial charge is 0.0769 e. The van der Waals surface area contributed by atoms with E-state index in [4.69, 9.17) is 0 Å². The molecule has 0 saturated carbocycles. The van der Waals surface area contributed by atoms with E-state index >= 15 is 0 Å². The van der Waals surface area contributed by atoms with Gasteiger partial charge in [-0.05, 0) is 33.3 Å². The zero-order valence-electron chi connectivity index (χ0n) is 15.0. The first-order chi connectivity index (χ1) is 11.3. The molecule has 24 heavy (non-hydrogen) atoms. The van der Waals surface area contributed by atoms with E-state index in [1.165, 1.54) is 23.2 Å². The number of hydrogen-bond acceptors (Lipinski definition) is 0. The SMILES string of the molecule is CC[Si](CC)(C1C=Cc2ccccc21)C1C=Cc2ccccc21.[Li]. The summed E-state index contributed by atoms with van der Waals surface area (Å²) in [5, 5.41) is 0. The second-order valence-electron chi connectivity index (χ2n) is 6.87. The second-order valence-corrected chi connectivity index (χ2v) is 12.0. The van der Waals surface area contributed by atoms with Gasteiger partial charge in [-0.25, -0.2) is 0 Å². The molecule has 0 nitrogen and oxygen atoms in total. The van der Waals surface area contributed by atoms with Gasteiger partial charge in [0.15, 0.2) is 0 Å². The van der Waals surface area contributed by atoms with Crippen LogP contribution in [0.4, 0.5) is 0 Å². The van der Waals surface area contributed by atoms with Gasteiger partial charge in [-0.15, -0.1) is 0 Å². The maximum atomic E-state index is 2.51. The number of benzene rings is 2. The molecule has 2 unspecified atom stereocenters. The van der Waals surface area contributed by atoms with Gasteiger partial charge in [0.25, 0.3) is 0 Å². The molecule has 0 amide bonds. The van der Waals surface area contributed by atoms with Crippen LogP contribution < -0.4 is 0 Å². The average molecular weight is 323 g/mol. The Labute approximate surface area is 158 Å². The third-order valence-electron chi connectivity index (χ3n) is 6.15. The largest absolute Gasteiger partial charge is 0.0791 e. The van der Waals surface area contributed by atoms with Gasteiger partial charge in [-0.1, -0.05) is 98.8 Å². The summed E-state index contributed by atoms with van der Waals surface area (Å²) in [7, 11) is -1.55. The van der Waals surface area contributed by atoms with Crippen LogP contribution in [-0.2, 0) is 0 Å². The van der Waals surface area contributed by atoms with E-state index in [1.54, 1.807) is 11.1 Å². The van der Waals surface area contributed by atoms with Gasteiger partial charge in [0.2, 0.25) is 0 Å². The van der Waals surface area contributed by atoms with Crippen molar-refractivity contribution in [1.82, 2.24) is 0 Å². The Bertz CT molecular complexity index is 723. The zero-order valence-corrected chi connectivity index (χ0v) is 16.0. The molecule has 2 aliphatic carbocycles. The topological polar surface area (TPSA) is 0 Å². The van der Waals surface area contributed by atoms with Crippen LogP contribution in [0, 0.1) is 0 Å². The molecule has 117 valence electrons. The van der Waals surface area contributed by atoms with Gasteiger partial charge in [-0.3, -0.25) is 0 Å². The number of rotatable bonds is 4. The summed E-state index contributed by atoms with van der Waals surface area (Å²) in [6.45, 7) is 4.86. The fraction of sp³-hybridized carbons (Fsp3) is 0.273. The van der Waals surface area contributed by atoms with Crippen molar-refractivity contribution in [2.75, 3.05) is 0 Å². The number of allylic oxidation sites excluding steroid dienone is 2. The predicted octanol–water partition coefficient (Wildman–Crippen LogP) is 5.79. The maximum Gasteiger partial charge on any atom is 0.0769 e. The van der Waals surface area contributed by atoms with E-state index in [0.29, 0.717) is 11.1 Å². The Hall–Kier alpha value is -1.27. The monoisotopic (exact) mass is 323 g/mol. The summed E-state index contributed by atoms with van der Waals surface area (Å²) < 4.78 is 0. The van der Waals surface area contributed by atoms with Crippen LogP contribution in [0.3, 0.4) is 0 Å². The van der Waals surface area contributed by atoms with E-state index < -0.39 is 8.07 Å². The van der Waals surface area contributed by atoms with Crippen LogP contribution in [0.15, 0.2) is 60.7 Å². The normalized spacial score (nSPS) is 20.6. The van der Waals surface area contributed by atoms with Crippen LogP contribution in [0.5, 0.6) is 0 Å².